The Labute approximate surface area is 109 Å². The van der Waals surface area contributed by atoms with Crippen LogP contribution in [0.4, 0.5) is 0 Å². The summed E-state index contributed by atoms with van der Waals surface area (Å²) < 4.78 is 5.40. The van der Waals surface area contributed by atoms with E-state index in [0.29, 0.717) is 0 Å². The van der Waals surface area contributed by atoms with Gasteiger partial charge < -0.3 is 9.55 Å². The number of fused-ring (bicyclic) bond motifs is 3. The molecule has 0 amide bonds. The molecule has 18 heavy (non-hydrogen) atoms. The molecular weight excluding hydrogens is 246 g/mol. The molecule has 0 saturated heterocycles. The average molecular weight is 261 g/mol. The Kier molecular flexibility index (Phi) is 2.97. The normalized spacial score (nSPS) is 11.7. The van der Waals surface area contributed by atoms with E-state index in [1.807, 2.05) is 18.6 Å². The number of nitrogens with one attached hydrogen (secondary N) is 2. The Morgan fingerprint density at radius 2 is 2.39 bits per heavy atom. The first-order valence-corrected chi connectivity index (χ1v) is 7.07. The molecule has 0 aliphatic heterocycles. The summed E-state index contributed by atoms with van der Waals surface area (Å²) in [7, 11) is 2.07. The molecule has 94 valence electrons. The smallest absolute Gasteiger partial charge is 0.139 e. The maximum absolute atomic E-state index is 4.65. The second kappa shape index (κ2) is 4.62. The Balaban J connectivity index is 2.09. The van der Waals surface area contributed by atoms with Gasteiger partial charge >= 0.3 is 0 Å². The van der Waals surface area contributed by atoms with Gasteiger partial charge in [-0.2, -0.15) is 0 Å². The highest BCUT2D eigenvalue weighted by molar-refractivity contribution is 7.96. The second-order valence-electron chi connectivity index (χ2n) is 4.17. The van der Waals surface area contributed by atoms with Gasteiger partial charge in [-0.15, -0.1) is 0 Å². The van der Waals surface area contributed by atoms with Crippen molar-refractivity contribution < 1.29 is 0 Å². The number of aromatic amines is 1. The summed E-state index contributed by atoms with van der Waals surface area (Å²) in [5.41, 5.74) is 3.03. The molecule has 0 spiro atoms. The van der Waals surface area contributed by atoms with Crippen molar-refractivity contribution in [1.82, 2.24) is 24.2 Å². The van der Waals surface area contributed by atoms with Crippen molar-refractivity contribution in [2.75, 3.05) is 12.8 Å². The highest BCUT2D eigenvalue weighted by Crippen LogP contribution is 2.23. The van der Waals surface area contributed by atoms with Crippen LogP contribution in [-0.4, -0.2) is 32.3 Å². The van der Waals surface area contributed by atoms with Gasteiger partial charge in [0.25, 0.3) is 0 Å². The summed E-state index contributed by atoms with van der Waals surface area (Å²) in [6.45, 7) is 0.919. The topological polar surface area (TPSA) is 58.5 Å². The molecule has 3 rings (SSSR count). The first-order valence-electron chi connectivity index (χ1n) is 5.84. The van der Waals surface area contributed by atoms with Crippen molar-refractivity contribution in [3.05, 3.63) is 24.3 Å². The van der Waals surface area contributed by atoms with E-state index in [1.54, 1.807) is 11.9 Å². The Morgan fingerprint density at radius 1 is 1.50 bits per heavy atom. The third-order valence-electron chi connectivity index (χ3n) is 3.11. The number of rotatable bonds is 4. The zero-order valence-electron chi connectivity index (χ0n) is 10.4. The minimum absolute atomic E-state index is 0.915. The maximum Gasteiger partial charge on any atom is 0.139 e. The van der Waals surface area contributed by atoms with Gasteiger partial charge in [0.1, 0.15) is 17.0 Å². The number of hydrogen-bond acceptors (Lipinski definition) is 4. The summed E-state index contributed by atoms with van der Waals surface area (Å²) >= 11 is 1.63. The number of H-pyrrole nitrogens is 1. The first-order chi connectivity index (χ1) is 8.81. The monoisotopic (exact) mass is 261 g/mol. The van der Waals surface area contributed by atoms with Crippen molar-refractivity contribution in [2.45, 2.75) is 6.42 Å². The Bertz CT molecular complexity index is 684. The molecule has 6 heteroatoms. The third kappa shape index (κ3) is 1.77. The zero-order chi connectivity index (χ0) is 12.5. The van der Waals surface area contributed by atoms with Crippen LogP contribution in [0, 0.1) is 0 Å². The average Bonchev–Trinajstić information content (AvgIpc) is 2.95. The number of aromatic nitrogens is 4. The summed E-state index contributed by atoms with van der Waals surface area (Å²) in [6.07, 6.45) is 6.69. The van der Waals surface area contributed by atoms with Gasteiger partial charge in [0.05, 0.1) is 11.7 Å². The van der Waals surface area contributed by atoms with E-state index in [1.165, 1.54) is 0 Å². The van der Waals surface area contributed by atoms with E-state index in [-0.39, 0.29) is 0 Å². The quantitative estimate of drug-likeness (QED) is 0.556. The van der Waals surface area contributed by atoms with E-state index in [4.69, 9.17) is 0 Å². The summed E-state index contributed by atoms with van der Waals surface area (Å²) in [5, 5.41) is 1.13. The van der Waals surface area contributed by atoms with Gasteiger partial charge in [0.2, 0.25) is 0 Å². The molecule has 3 aromatic heterocycles. The van der Waals surface area contributed by atoms with Crippen molar-refractivity contribution in [3.63, 3.8) is 0 Å². The number of nitrogens with zero attached hydrogens (tertiary/aromatic N) is 3. The molecule has 0 aliphatic rings. The number of hydrogen-bond donors (Lipinski definition) is 2. The molecule has 0 atom stereocenters. The molecule has 0 saturated carbocycles. The van der Waals surface area contributed by atoms with E-state index >= 15 is 0 Å². The Hall–Kier alpha value is -1.53. The predicted octanol–water partition coefficient (Wildman–Crippen LogP) is 1.86. The lowest BCUT2D eigenvalue weighted by atomic mass is 10.3. The van der Waals surface area contributed by atoms with E-state index < -0.39 is 0 Å². The van der Waals surface area contributed by atoms with E-state index in [0.717, 1.165) is 40.9 Å². The third-order valence-corrected chi connectivity index (χ3v) is 3.60. The summed E-state index contributed by atoms with van der Waals surface area (Å²) in [4.78, 5) is 12.2. The van der Waals surface area contributed by atoms with Crippen LogP contribution in [0.3, 0.4) is 0 Å². The first kappa shape index (κ1) is 11.6. The fourth-order valence-corrected chi connectivity index (χ4v) is 2.56. The molecule has 2 N–H and O–H groups in total. The van der Waals surface area contributed by atoms with Crippen molar-refractivity contribution in [3.8, 4) is 0 Å². The second-order valence-corrected chi connectivity index (χ2v) is 4.86. The fraction of sp³-hybridized carbons (Fsp3) is 0.333. The highest BCUT2D eigenvalue weighted by atomic mass is 32.2. The molecule has 3 aromatic rings. The lowest BCUT2D eigenvalue weighted by Gasteiger charge is -2.02. The Morgan fingerprint density at radius 3 is 3.22 bits per heavy atom. The molecule has 0 aromatic carbocycles. The van der Waals surface area contributed by atoms with E-state index in [9.17, 15) is 0 Å². The molecule has 5 nitrogen and oxygen atoms in total. The highest BCUT2D eigenvalue weighted by Gasteiger charge is 2.11. The largest absolute Gasteiger partial charge is 0.346 e. The molecular formula is C12H15N5S. The standard InChI is InChI=1S/C12H15N5S/c1-17-10(4-6-15-18-2)16-9-7-14-12-8(11(9)17)3-5-13-12/h3,5,7,15H,4,6H2,1-2H3,(H,13,14). The van der Waals surface area contributed by atoms with Crippen molar-refractivity contribution >= 4 is 34.0 Å². The van der Waals surface area contributed by atoms with Gasteiger partial charge in [-0.1, -0.05) is 11.9 Å². The van der Waals surface area contributed by atoms with Crippen LogP contribution in [0.5, 0.6) is 0 Å². The van der Waals surface area contributed by atoms with Gasteiger partial charge in [-0.25, -0.2) is 9.97 Å². The molecule has 0 unspecified atom stereocenters. The number of pyridine rings is 1. The molecule has 0 bridgehead atoms. The minimum Gasteiger partial charge on any atom is -0.346 e. The van der Waals surface area contributed by atoms with Gasteiger partial charge in [0, 0.05) is 31.6 Å². The minimum atomic E-state index is 0.915. The zero-order valence-corrected chi connectivity index (χ0v) is 11.2. The number of imidazole rings is 1. The lowest BCUT2D eigenvalue weighted by Crippen LogP contribution is -2.10. The lowest BCUT2D eigenvalue weighted by molar-refractivity contribution is 0.777. The van der Waals surface area contributed by atoms with Crippen LogP contribution in [0.1, 0.15) is 5.82 Å². The summed E-state index contributed by atoms with van der Waals surface area (Å²) in [5.74, 6) is 1.09. The van der Waals surface area contributed by atoms with Crippen LogP contribution < -0.4 is 4.72 Å². The van der Waals surface area contributed by atoms with Crippen molar-refractivity contribution in [1.29, 1.82) is 0 Å². The van der Waals surface area contributed by atoms with Crippen LogP contribution in [0.2, 0.25) is 0 Å². The van der Waals surface area contributed by atoms with E-state index in [2.05, 4.69) is 37.4 Å². The van der Waals surface area contributed by atoms with Crippen LogP contribution >= 0.6 is 11.9 Å². The molecule has 0 aliphatic carbocycles. The molecule has 3 heterocycles. The van der Waals surface area contributed by atoms with Crippen molar-refractivity contribution in [2.24, 2.45) is 7.05 Å². The molecule has 0 fully saturated rings. The van der Waals surface area contributed by atoms with Crippen LogP contribution in [0.15, 0.2) is 18.5 Å². The van der Waals surface area contributed by atoms with Crippen LogP contribution in [0.25, 0.3) is 22.1 Å². The predicted molar refractivity (Wildman–Crippen MR) is 75.6 cm³/mol. The van der Waals surface area contributed by atoms with Gasteiger partial charge in [-0.3, -0.25) is 4.72 Å². The van der Waals surface area contributed by atoms with Gasteiger partial charge in [0.15, 0.2) is 0 Å². The maximum atomic E-state index is 4.65. The van der Waals surface area contributed by atoms with Gasteiger partial charge in [-0.05, 0) is 12.3 Å². The summed E-state index contributed by atoms with van der Waals surface area (Å²) in [6, 6.07) is 2.05. The molecule has 0 radical (unpaired) electrons. The number of aryl methyl sites for hydroxylation is 1. The fourth-order valence-electron chi connectivity index (χ4n) is 2.25. The van der Waals surface area contributed by atoms with Crippen LogP contribution in [-0.2, 0) is 13.5 Å². The SMILES string of the molecule is CSNCCc1nc2cnc3[nH]ccc3c2n1C.